The summed E-state index contributed by atoms with van der Waals surface area (Å²) in [5.41, 5.74) is -0.696. The van der Waals surface area contributed by atoms with E-state index in [2.05, 4.69) is 0 Å². The first-order chi connectivity index (χ1) is 9.09. The Balaban J connectivity index is 2.89. The van der Waals surface area contributed by atoms with Crippen LogP contribution in [0.15, 0.2) is 0 Å². The van der Waals surface area contributed by atoms with Gasteiger partial charge in [0, 0.05) is 13.0 Å². The van der Waals surface area contributed by atoms with Crippen LogP contribution in [0.1, 0.15) is 47.5 Å². The van der Waals surface area contributed by atoms with E-state index in [-0.39, 0.29) is 36.6 Å². The lowest BCUT2D eigenvalue weighted by Gasteiger charge is -2.27. The van der Waals surface area contributed by atoms with Crippen LogP contribution in [0.4, 0.5) is 0 Å². The van der Waals surface area contributed by atoms with Crippen molar-refractivity contribution in [2.45, 2.75) is 47.5 Å². The second-order valence-corrected chi connectivity index (χ2v) is 6.72. The number of carboxylic acids is 1. The Morgan fingerprint density at radius 1 is 1.30 bits per heavy atom. The number of likely N-dealkylation sites (tertiary alicyclic amines) is 1. The number of carboxylic acid groups (broad SMARTS) is 1. The molecule has 2 atom stereocenters. The maximum absolute atomic E-state index is 12.4. The van der Waals surface area contributed by atoms with E-state index in [9.17, 15) is 19.5 Å². The van der Waals surface area contributed by atoms with Gasteiger partial charge in [-0.1, -0.05) is 27.7 Å². The van der Waals surface area contributed by atoms with Gasteiger partial charge in [0.2, 0.25) is 11.8 Å². The Morgan fingerprint density at radius 3 is 2.20 bits per heavy atom. The summed E-state index contributed by atoms with van der Waals surface area (Å²) in [6, 6.07) is 0. The molecular weight excluding hydrogens is 258 g/mol. The summed E-state index contributed by atoms with van der Waals surface area (Å²) in [6.07, 6.45) is 0.641. The highest BCUT2D eigenvalue weighted by Gasteiger charge is 2.50. The molecule has 2 amide bonds. The lowest BCUT2D eigenvalue weighted by atomic mass is 9.78. The van der Waals surface area contributed by atoms with Crippen molar-refractivity contribution in [1.82, 2.24) is 4.90 Å². The van der Waals surface area contributed by atoms with Crippen LogP contribution in [-0.2, 0) is 14.4 Å². The smallest absolute Gasteiger partial charge is 0.308 e. The quantitative estimate of drug-likeness (QED) is 0.758. The SMILES string of the molecule is CC(C)CC(CN1C(=O)CC(C)(C(C)C)C1=O)C(=O)O. The molecule has 1 N–H and O–H groups in total. The summed E-state index contributed by atoms with van der Waals surface area (Å²) in [5.74, 6) is -1.85. The van der Waals surface area contributed by atoms with E-state index in [0.717, 1.165) is 4.90 Å². The van der Waals surface area contributed by atoms with Gasteiger partial charge in [-0.25, -0.2) is 0 Å². The van der Waals surface area contributed by atoms with Gasteiger partial charge in [-0.15, -0.1) is 0 Å². The molecule has 0 spiro atoms. The molecular formula is C15H25NO4. The zero-order valence-electron chi connectivity index (χ0n) is 13.0. The van der Waals surface area contributed by atoms with Gasteiger partial charge < -0.3 is 5.11 Å². The lowest BCUT2D eigenvalue weighted by Crippen LogP contribution is -2.41. The van der Waals surface area contributed by atoms with Gasteiger partial charge >= 0.3 is 5.97 Å². The van der Waals surface area contributed by atoms with Gasteiger partial charge in [0.05, 0.1) is 11.3 Å². The molecule has 1 fully saturated rings. The van der Waals surface area contributed by atoms with Crippen molar-refractivity contribution in [2.75, 3.05) is 6.54 Å². The minimum absolute atomic E-state index is 0.00646. The third-order valence-corrected chi connectivity index (χ3v) is 4.34. The summed E-state index contributed by atoms with van der Waals surface area (Å²) >= 11 is 0. The number of carbonyl (C=O) groups excluding carboxylic acids is 2. The molecule has 0 aromatic carbocycles. The minimum atomic E-state index is -0.947. The van der Waals surface area contributed by atoms with Crippen LogP contribution in [0, 0.1) is 23.2 Å². The minimum Gasteiger partial charge on any atom is -0.481 e. The number of hydrogen-bond donors (Lipinski definition) is 1. The highest BCUT2D eigenvalue weighted by molar-refractivity contribution is 6.06. The van der Waals surface area contributed by atoms with Gasteiger partial charge in [0.1, 0.15) is 0 Å². The van der Waals surface area contributed by atoms with Crippen molar-refractivity contribution in [2.24, 2.45) is 23.2 Å². The van der Waals surface area contributed by atoms with Gasteiger partial charge in [0.15, 0.2) is 0 Å². The molecule has 5 heteroatoms. The highest BCUT2D eigenvalue weighted by Crippen LogP contribution is 2.39. The molecule has 20 heavy (non-hydrogen) atoms. The molecule has 1 saturated heterocycles. The number of hydrogen-bond acceptors (Lipinski definition) is 3. The van der Waals surface area contributed by atoms with E-state index in [4.69, 9.17) is 0 Å². The van der Waals surface area contributed by atoms with Gasteiger partial charge in [-0.05, 0) is 25.2 Å². The van der Waals surface area contributed by atoms with Crippen molar-refractivity contribution >= 4 is 17.8 Å². The fourth-order valence-electron chi connectivity index (χ4n) is 2.59. The van der Waals surface area contributed by atoms with Crippen LogP contribution in [0.5, 0.6) is 0 Å². The summed E-state index contributed by atoms with van der Waals surface area (Å²) < 4.78 is 0. The average molecular weight is 283 g/mol. The van der Waals surface area contributed by atoms with E-state index in [1.54, 1.807) is 6.92 Å². The molecule has 1 aliphatic heterocycles. The number of rotatable bonds is 6. The molecule has 0 aromatic rings. The molecule has 0 aromatic heterocycles. The van der Waals surface area contributed by atoms with E-state index in [1.165, 1.54) is 0 Å². The second-order valence-electron chi connectivity index (χ2n) is 6.72. The molecule has 0 bridgehead atoms. The number of carbonyl (C=O) groups is 3. The largest absolute Gasteiger partial charge is 0.481 e. The summed E-state index contributed by atoms with van der Waals surface area (Å²) in [7, 11) is 0. The first kappa shape index (κ1) is 16.7. The topological polar surface area (TPSA) is 74.7 Å². The lowest BCUT2D eigenvalue weighted by molar-refractivity contribution is -0.147. The summed E-state index contributed by atoms with van der Waals surface area (Å²) in [6.45, 7) is 9.47. The Hall–Kier alpha value is -1.39. The Morgan fingerprint density at radius 2 is 1.85 bits per heavy atom. The third kappa shape index (κ3) is 3.19. The van der Waals surface area contributed by atoms with Crippen LogP contribution >= 0.6 is 0 Å². The van der Waals surface area contributed by atoms with Crippen LogP contribution in [0.25, 0.3) is 0 Å². The van der Waals surface area contributed by atoms with Crippen LogP contribution < -0.4 is 0 Å². The standard InChI is InChI=1S/C15H25NO4/c1-9(2)6-11(13(18)19)8-16-12(17)7-15(5,10(3)4)14(16)20/h9-11H,6-8H2,1-5H3,(H,18,19). The number of imide groups is 1. The Labute approximate surface area is 120 Å². The first-order valence-electron chi connectivity index (χ1n) is 7.17. The maximum Gasteiger partial charge on any atom is 0.308 e. The van der Waals surface area contributed by atoms with Crippen LogP contribution in [0.2, 0.25) is 0 Å². The summed E-state index contributed by atoms with van der Waals surface area (Å²) in [4.78, 5) is 36.9. The van der Waals surface area contributed by atoms with Gasteiger partial charge in [0.25, 0.3) is 0 Å². The van der Waals surface area contributed by atoms with Crippen LogP contribution in [0.3, 0.4) is 0 Å². The molecule has 0 aliphatic carbocycles. The normalized spacial score (nSPS) is 24.9. The average Bonchev–Trinajstić information content (AvgIpc) is 2.52. The zero-order valence-corrected chi connectivity index (χ0v) is 13.0. The molecule has 114 valence electrons. The summed E-state index contributed by atoms with van der Waals surface area (Å²) in [5, 5.41) is 9.25. The van der Waals surface area contributed by atoms with Gasteiger partial charge in [-0.3, -0.25) is 19.3 Å². The van der Waals surface area contributed by atoms with E-state index < -0.39 is 17.3 Å². The van der Waals surface area contributed by atoms with Crippen molar-refractivity contribution in [3.63, 3.8) is 0 Å². The van der Waals surface area contributed by atoms with E-state index in [1.807, 2.05) is 27.7 Å². The monoisotopic (exact) mass is 283 g/mol. The third-order valence-electron chi connectivity index (χ3n) is 4.34. The van der Waals surface area contributed by atoms with Gasteiger partial charge in [-0.2, -0.15) is 0 Å². The first-order valence-corrected chi connectivity index (χ1v) is 7.17. The molecule has 5 nitrogen and oxygen atoms in total. The molecule has 2 unspecified atom stereocenters. The molecule has 1 heterocycles. The Kier molecular flexibility index (Phi) is 4.95. The van der Waals surface area contributed by atoms with Crippen molar-refractivity contribution < 1.29 is 19.5 Å². The molecule has 1 rings (SSSR count). The Bertz CT molecular complexity index is 416. The molecule has 0 saturated carbocycles. The molecule has 1 aliphatic rings. The van der Waals surface area contributed by atoms with Crippen molar-refractivity contribution in [3.05, 3.63) is 0 Å². The van der Waals surface area contributed by atoms with Crippen molar-refractivity contribution in [1.29, 1.82) is 0 Å². The predicted molar refractivity (Wildman–Crippen MR) is 74.9 cm³/mol. The zero-order chi connectivity index (χ0) is 15.7. The second kappa shape index (κ2) is 5.94. The van der Waals surface area contributed by atoms with Crippen molar-refractivity contribution in [3.8, 4) is 0 Å². The number of nitrogens with zero attached hydrogens (tertiary/aromatic N) is 1. The predicted octanol–water partition coefficient (Wildman–Crippen LogP) is 2.15. The highest BCUT2D eigenvalue weighted by atomic mass is 16.4. The van der Waals surface area contributed by atoms with Crippen LogP contribution in [-0.4, -0.2) is 34.3 Å². The maximum atomic E-state index is 12.4. The van der Waals surface area contributed by atoms with E-state index >= 15 is 0 Å². The number of amides is 2. The molecule has 0 radical (unpaired) electrons. The fourth-order valence-corrected chi connectivity index (χ4v) is 2.59. The fraction of sp³-hybridized carbons (Fsp3) is 0.800. The van der Waals surface area contributed by atoms with E-state index in [0.29, 0.717) is 6.42 Å². The number of aliphatic carboxylic acids is 1.